The molecule has 0 saturated carbocycles. The normalized spacial score (nSPS) is 28.1. The van der Waals surface area contributed by atoms with Gasteiger partial charge in [-0.1, -0.05) is 0 Å². The van der Waals surface area contributed by atoms with Crippen LogP contribution in [0.3, 0.4) is 0 Å². The fraction of sp³-hybridized carbons (Fsp3) is 0.917. The van der Waals surface area contributed by atoms with Crippen molar-refractivity contribution in [1.82, 2.24) is 4.90 Å². The van der Waals surface area contributed by atoms with Gasteiger partial charge in [0.25, 0.3) is 0 Å². The van der Waals surface area contributed by atoms with Crippen molar-refractivity contribution in [3.63, 3.8) is 0 Å². The number of hydrogen-bond donors (Lipinski definition) is 1. The Bertz CT molecular complexity index is 241. The molecule has 0 aromatic rings. The zero-order valence-electron chi connectivity index (χ0n) is 9.86. The number of nitrogens with zero attached hydrogens (tertiary/aromatic N) is 1. The third-order valence-corrected chi connectivity index (χ3v) is 4.66. The van der Waals surface area contributed by atoms with Crippen molar-refractivity contribution in [2.24, 2.45) is 11.7 Å². The number of carbonyl (C=O) groups excluding carboxylic acids is 1. The Morgan fingerprint density at radius 1 is 1.31 bits per heavy atom. The molecule has 4 heteroatoms. The van der Waals surface area contributed by atoms with E-state index in [1.807, 2.05) is 16.7 Å². The Labute approximate surface area is 102 Å². The van der Waals surface area contributed by atoms with Crippen LogP contribution in [0.25, 0.3) is 0 Å². The molecule has 2 heterocycles. The topological polar surface area (TPSA) is 46.3 Å². The lowest BCUT2D eigenvalue weighted by Crippen LogP contribution is -2.46. The summed E-state index contributed by atoms with van der Waals surface area (Å²) >= 11 is 2.02. The van der Waals surface area contributed by atoms with Crippen LogP contribution < -0.4 is 5.73 Å². The molecule has 0 aromatic carbocycles. The number of likely N-dealkylation sites (tertiary alicyclic amines) is 1. The minimum Gasteiger partial charge on any atom is -0.341 e. The van der Waals surface area contributed by atoms with Crippen molar-refractivity contribution in [3.05, 3.63) is 0 Å². The van der Waals surface area contributed by atoms with Crippen LogP contribution in [-0.4, -0.2) is 41.4 Å². The monoisotopic (exact) mass is 242 g/mol. The molecule has 92 valence electrons. The number of rotatable bonds is 2. The van der Waals surface area contributed by atoms with Gasteiger partial charge in [0.2, 0.25) is 5.91 Å². The van der Waals surface area contributed by atoms with Crippen LogP contribution in [0.4, 0.5) is 0 Å². The van der Waals surface area contributed by atoms with E-state index >= 15 is 0 Å². The van der Waals surface area contributed by atoms with Gasteiger partial charge in [0.1, 0.15) is 0 Å². The van der Waals surface area contributed by atoms with E-state index in [9.17, 15) is 4.79 Å². The zero-order chi connectivity index (χ0) is 11.4. The van der Waals surface area contributed by atoms with Gasteiger partial charge >= 0.3 is 0 Å². The second-order valence-electron chi connectivity index (χ2n) is 5.00. The van der Waals surface area contributed by atoms with E-state index < -0.39 is 0 Å². The predicted molar refractivity (Wildman–Crippen MR) is 68.5 cm³/mol. The van der Waals surface area contributed by atoms with Crippen molar-refractivity contribution in [1.29, 1.82) is 0 Å². The molecule has 0 aromatic heterocycles. The first kappa shape index (κ1) is 12.2. The first-order chi connectivity index (χ1) is 7.75. The fourth-order valence-electron chi connectivity index (χ4n) is 2.56. The molecule has 2 rings (SSSR count). The molecule has 0 radical (unpaired) electrons. The molecule has 0 spiro atoms. The number of nitrogens with two attached hydrogens (primary N) is 1. The summed E-state index contributed by atoms with van der Waals surface area (Å²) in [5.41, 5.74) is 5.90. The Morgan fingerprint density at radius 2 is 2.06 bits per heavy atom. The Balaban J connectivity index is 1.77. The highest BCUT2D eigenvalue weighted by atomic mass is 32.2. The van der Waals surface area contributed by atoms with Gasteiger partial charge in [0.05, 0.1) is 0 Å². The van der Waals surface area contributed by atoms with E-state index in [2.05, 4.69) is 0 Å². The van der Waals surface area contributed by atoms with Gasteiger partial charge in [-0.25, -0.2) is 0 Å². The van der Waals surface area contributed by atoms with Gasteiger partial charge in [-0.3, -0.25) is 4.79 Å². The van der Waals surface area contributed by atoms with Crippen molar-refractivity contribution < 1.29 is 4.79 Å². The van der Waals surface area contributed by atoms with Gasteiger partial charge < -0.3 is 10.6 Å². The maximum atomic E-state index is 12.1. The van der Waals surface area contributed by atoms with Crippen LogP contribution in [0.15, 0.2) is 0 Å². The summed E-state index contributed by atoms with van der Waals surface area (Å²) in [5.74, 6) is 3.44. The first-order valence-corrected chi connectivity index (χ1v) is 7.52. The highest BCUT2D eigenvalue weighted by Gasteiger charge is 2.24. The summed E-state index contributed by atoms with van der Waals surface area (Å²) in [4.78, 5) is 14.1. The summed E-state index contributed by atoms with van der Waals surface area (Å²) < 4.78 is 0. The third kappa shape index (κ3) is 3.39. The molecule has 16 heavy (non-hydrogen) atoms. The molecule has 1 atom stereocenters. The standard InChI is InChI=1S/C12H22N2OS/c13-11-2-1-5-14(9-11)12(15)8-10-3-6-16-7-4-10/h10-11H,1-9,13H2/t11-/m1/s1. The van der Waals surface area contributed by atoms with Gasteiger partial charge in [0, 0.05) is 25.6 Å². The van der Waals surface area contributed by atoms with Gasteiger partial charge in [-0.2, -0.15) is 11.8 Å². The van der Waals surface area contributed by atoms with Crippen molar-refractivity contribution in [3.8, 4) is 0 Å². The van der Waals surface area contributed by atoms with Crippen LogP contribution in [-0.2, 0) is 4.79 Å². The minimum absolute atomic E-state index is 0.208. The molecule has 2 N–H and O–H groups in total. The lowest BCUT2D eigenvalue weighted by atomic mass is 9.97. The second-order valence-corrected chi connectivity index (χ2v) is 6.23. The molecule has 3 nitrogen and oxygen atoms in total. The van der Waals surface area contributed by atoms with E-state index in [-0.39, 0.29) is 6.04 Å². The molecule has 0 aliphatic carbocycles. The average molecular weight is 242 g/mol. The third-order valence-electron chi connectivity index (χ3n) is 3.61. The molecule has 0 bridgehead atoms. The average Bonchev–Trinajstić information content (AvgIpc) is 2.30. The lowest BCUT2D eigenvalue weighted by Gasteiger charge is -2.32. The largest absolute Gasteiger partial charge is 0.341 e. The Morgan fingerprint density at radius 3 is 2.75 bits per heavy atom. The van der Waals surface area contributed by atoms with Crippen LogP contribution in [0.1, 0.15) is 32.1 Å². The summed E-state index contributed by atoms with van der Waals surface area (Å²) in [6, 6.07) is 0.208. The summed E-state index contributed by atoms with van der Waals surface area (Å²) in [6.45, 7) is 1.70. The Hall–Kier alpha value is -0.220. The highest BCUT2D eigenvalue weighted by Crippen LogP contribution is 2.26. The lowest BCUT2D eigenvalue weighted by molar-refractivity contribution is -0.133. The van der Waals surface area contributed by atoms with Crippen molar-refractivity contribution in [2.75, 3.05) is 24.6 Å². The van der Waals surface area contributed by atoms with E-state index in [0.717, 1.165) is 32.4 Å². The quantitative estimate of drug-likeness (QED) is 0.797. The van der Waals surface area contributed by atoms with E-state index in [4.69, 9.17) is 5.73 Å². The Kier molecular flexibility index (Phi) is 4.53. The molecule has 0 unspecified atom stereocenters. The predicted octanol–water partition coefficient (Wildman–Crippen LogP) is 1.47. The van der Waals surface area contributed by atoms with Gasteiger partial charge in [-0.15, -0.1) is 0 Å². The van der Waals surface area contributed by atoms with Crippen LogP contribution in [0, 0.1) is 5.92 Å². The van der Waals surface area contributed by atoms with Gasteiger partial charge in [0.15, 0.2) is 0 Å². The second kappa shape index (κ2) is 5.92. The highest BCUT2D eigenvalue weighted by molar-refractivity contribution is 7.99. The van der Waals surface area contributed by atoms with E-state index in [0.29, 0.717) is 11.8 Å². The molecular weight excluding hydrogens is 220 g/mol. The smallest absolute Gasteiger partial charge is 0.222 e. The van der Waals surface area contributed by atoms with Crippen molar-refractivity contribution >= 4 is 17.7 Å². The SMILES string of the molecule is N[C@@H]1CCCN(C(=O)CC2CCSCC2)C1. The molecule has 2 aliphatic heterocycles. The summed E-state index contributed by atoms with van der Waals surface area (Å²) in [6.07, 6.45) is 5.34. The van der Waals surface area contributed by atoms with E-state index in [1.165, 1.54) is 24.3 Å². The zero-order valence-corrected chi connectivity index (χ0v) is 10.7. The molecule has 2 fully saturated rings. The maximum absolute atomic E-state index is 12.1. The fourth-order valence-corrected chi connectivity index (χ4v) is 3.77. The first-order valence-electron chi connectivity index (χ1n) is 6.37. The number of thioether (sulfide) groups is 1. The van der Waals surface area contributed by atoms with Crippen LogP contribution in [0.2, 0.25) is 0 Å². The molecule has 1 amide bonds. The number of piperidine rings is 1. The van der Waals surface area contributed by atoms with Crippen LogP contribution in [0.5, 0.6) is 0 Å². The van der Waals surface area contributed by atoms with Crippen molar-refractivity contribution in [2.45, 2.75) is 38.1 Å². The molecular formula is C12H22N2OS. The number of carbonyl (C=O) groups is 1. The van der Waals surface area contributed by atoms with Crippen LogP contribution >= 0.6 is 11.8 Å². The summed E-state index contributed by atoms with van der Waals surface area (Å²) in [7, 11) is 0. The molecule has 2 saturated heterocycles. The maximum Gasteiger partial charge on any atom is 0.222 e. The number of hydrogen-bond acceptors (Lipinski definition) is 3. The van der Waals surface area contributed by atoms with E-state index in [1.54, 1.807) is 0 Å². The minimum atomic E-state index is 0.208. The number of amides is 1. The van der Waals surface area contributed by atoms with Gasteiger partial charge in [-0.05, 0) is 43.1 Å². The molecule has 2 aliphatic rings. The summed E-state index contributed by atoms with van der Waals surface area (Å²) in [5, 5.41) is 0.